The number of nitrogens with zero attached hydrogens (tertiary/aromatic N) is 5. The molecule has 3 aromatic rings. The van der Waals surface area contributed by atoms with E-state index in [0.717, 1.165) is 55.1 Å². The van der Waals surface area contributed by atoms with Crippen LogP contribution in [-0.4, -0.2) is 64.3 Å². The van der Waals surface area contributed by atoms with E-state index in [0.29, 0.717) is 17.5 Å². The van der Waals surface area contributed by atoms with Gasteiger partial charge in [-0.25, -0.2) is 4.98 Å². The van der Waals surface area contributed by atoms with Crippen molar-refractivity contribution in [2.75, 3.05) is 43.9 Å². The zero-order chi connectivity index (χ0) is 22.8. The summed E-state index contributed by atoms with van der Waals surface area (Å²) in [6.07, 6.45) is 5.15. The van der Waals surface area contributed by atoms with E-state index in [9.17, 15) is 5.11 Å². The summed E-state index contributed by atoms with van der Waals surface area (Å²) in [5, 5.41) is 15.9. The van der Waals surface area contributed by atoms with Crippen molar-refractivity contribution in [2.24, 2.45) is 0 Å². The maximum Gasteiger partial charge on any atom is 0.225 e. The third-order valence-corrected chi connectivity index (χ3v) is 6.33. The first kappa shape index (κ1) is 22.7. The van der Waals surface area contributed by atoms with Crippen molar-refractivity contribution in [1.82, 2.24) is 19.4 Å². The van der Waals surface area contributed by atoms with Crippen LogP contribution in [0.5, 0.6) is 5.88 Å². The van der Waals surface area contributed by atoms with Crippen molar-refractivity contribution < 1.29 is 5.11 Å². The van der Waals surface area contributed by atoms with Crippen LogP contribution in [0.25, 0.3) is 10.9 Å². The van der Waals surface area contributed by atoms with E-state index in [-0.39, 0.29) is 11.9 Å². The molecule has 172 valence electrons. The lowest BCUT2D eigenvalue weighted by molar-refractivity contribution is 0.404. The first-order chi connectivity index (χ1) is 15.3. The Morgan fingerprint density at radius 3 is 2.66 bits per heavy atom. The maximum atomic E-state index is 10.9. The standard InChI is InChI=1S/C24H33ClN6O/c1-16(2)31-15-20-21(23(31)32)27-24(26-11-13-29(3)4)28-22(20)30-12-5-6-19(30)14-17-7-9-18(25)10-8-17/h7-10,15-16,19,32H,5-6,11-14H2,1-4H3,(H,26,27). The molecule has 0 spiro atoms. The van der Waals surface area contributed by atoms with Gasteiger partial charge in [-0.05, 0) is 64.9 Å². The monoisotopic (exact) mass is 456 g/mol. The van der Waals surface area contributed by atoms with Gasteiger partial charge in [-0.3, -0.25) is 0 Å². The fraction of sp³-hybridized carbons (Fsp3) is 0.500. The molecule has 0 bridgehead atoms. The van der Waals surface area contributed by atoms with Crippen LogP contribution < -0.4 is 10.2 Å². The molecule has 4 rings (SSSR count). The number of halogens is 1. The molecule has 0 amide bonds. The lowest BCUT2D eigenvalue weighted by Crippen LogP contribution is -2.32. The first-order valence-electron chi connectivity index (χ1n) is 11.3. The zero-order valence-electron chi connectivity index (χ0n) is 19.3. The number of hydrogen-bond donors (Lipinski definition) is 2. The van der Waals surface area contributed by atoms with Crippen LogP contribution in [0.15, 0.2) is 30.5 Å². The predicted octanol–water partition coefficient (Wildman–Crippen LogP) is 4.56. The second kappa shape index (κ2) is 9.55. The highest BCUT2D eigenvalue weighted by molar-refractivity contribution is 6.30. The molecule has 1 fully saturated rings. The van der Waals surface area contributed by atoms with Crippen LogP contribution >= 0.6 is 11.6 Å². The van der Waals surface area contributed by atoms with E-state index in [4.69, 9.17) is 16.6 Å². The van der Waals surface area contributed by atoms with E-state index in [1.807, 2.05) is 37.0 Å². The van der Waals surface area contributed by atoms with Crippen LogP contribution in [0.4, 0.5) is 11.8 Å². The highest BCUT2D eigenvalue weighted by Gasteiger charge is 2.29. The Balaban J connectivity index is 1.71. The summed E-state index contributed by atoms with van der Waals surface area (Å²) < 4.78 is 1.87. The molecule has 2 aromatic heterocycles. The third kappa shape index (κ3) is 4.79. The van der Waals surface area contributed by atoms with E-state index >= 15 is 0 Å². The number of likely N-dealkylation sites (N-methyl/N-ethyl adjacent to an activating group) is 1. The van der Waals surface area contributed by atoms with Gasteiger partial charge < -0.3 is 24.8 Å². The van der Waals surface area contributed by atoms with Gasteiger partial charge >= 0.3 is 0 Å². The molecule has 0 radical (unpaired) electrons. The van der Waals surface area contributed by atoms with E-state index in [2.05, 4.69) is 46.1 Å². The summed E-state index contributed by atoms with van der Waals surface area (Å²) in [5.41, 5.74) is 1.87. The molecule has 1 aliphatic heterocycles. The molecule has 1 saturated heterocycles. The van der Waals surface area contributed by atoms with E-state index < -0.39 is 0 Å². The van der Waals surface area contributed by atoms with Gasteiger partial charge in [0.2, 0.25) is 11.8 Å². The number of hydrogen-bond acceptors (Lipinski definition) is 6. The Hall–Kier alpha value is -2.51. The Labute approximate surface area is 195 Å². The van der Waals surface area contributed by atoms with E-state index in [1.54, 1.807) is 0 Å². The summed E-state index contributed by atoms with van der Waals surface area (Å²) in [5.74, 6) is 1.65. The minimum absolute atomic E-state index is 0.130. The van der Waals surface area contributed by atoms with Gasteiger partial charge in [0.1, 0.15) is 11.3 Å². The molecular weight excluding hydrogens is 424 g/mol. The maximum absolute atomic E-state index is 10.9. The fourth-order valence-electron chi connectivity index (χ4n) is 4.37. The molecule has 1 atom stereocenters. The van der Waals surface area contributed by atoms with Gasteiger partial charge in [-0.2, -0.15) is 4.98 Å². The van der Waals surface area contributed by atoms with Crippen LogP contribution in [0.3, 0.4) is 0 Å². The van der Waals surface area contributed by atoms with Gasteiger partial charge in [0.15, 0.2) is 0 Å². The summed E-state index contributed by atoms with van der Waals surface area (Å²) in [4.78, 5) is 14.1. The fourth-order valence-corrected chi connectivity index (χ4v) is 4.50. The Kier molecular flexibility index (Phi) is 6.76. The van der Waals surface area contributed by atoms with Crippen LogP contribution in [0, 0.1) is 0 Å². The molecule has 1 aromatic carbocycles. The number of benzene rings is 1. The Morgan fingerprint density at radius 2 is 1.97 bits per heavy atom. The van der Waals surface area contributed by atoms with Gasteiger partial charge in [0.05, 0.1) is 5.39 Å². The van der Waals surface area contributed by atoms with Gasteiger partial charge in [0.25, 0.3) is 0 Å². The number of anilines is 2. The normalized spacial score (nSPS) is 16.6. The zero-order valence-corrected chi connectivity index (χ0v) is 20.1. The SMILES string of the molecule is CC(C)n1cc2c(N3CCCC3Cc3ccc(Cl)cc3)nc(NCCN(C)C)nc2c1O. The number of rotatable bonds is 8. The quantitative estimate of drug-likeness (QED) is 0.518. The van der Waals surface area contributed by atoms with Crippen molar-refractivity contribution in [1.29, 1.82) is 0 Å². The lowest BCUT2D eigenvalue weighted by atomic mass is 10.0. The summed E-state index contributed by atoms with van der Waals surface area (Å²) in [6, 6.07) is 8.58. The molecule has 0 aliphatic carbocycles. The van der Waals surface area contributed by atoms with Crippen LogP contribution in [0.1, 0.15) is 38.3 Å². The highest BCUT2D eigenvalue weighted by atomic mass is 35.5. The van der Waals surface area contributed by atoms with Gasteiger partial charge in [-0.1, -0.05) is 23.7 Å². The molecule has 3 heterocycles. The molecule has 7 nitrogen and oxygen atoms in total. The summed E-state index contributed by atoms with van der Waals surface area (Å²) >= 11 is 6.08. The molecule has 32 heavy (non-hydrogen) atoms. The minimum atomic E-state index is 0.130. The van der Waals surface area contributed by atoms with Crippen molar-refractivity contribution in [3.05, 3.63) is 41.0 Å². The van der Waals surface area contributed by atoms with Gasteiger partial charge in [-0.15, -0.1) is 0 Å². The summed E-state index contributed by atoms with van der Waals surface area (Å²) in [6.45, 7) is 6.66. The van der Waals surface area contributed by atoms with Crippen LogP contribution in [-0.2, 0) is 6.42 Å². The number of aromatic nitrogens is 3. The van der Waals surface area contributed by atoms with Gasteiger partial charge in [0, 0.05) is 42.9 Å². The van der Waals surface area contributed by atoms with Crippen LogP contribution in [0.2, 0.25) is 5.02 Å². The Bertz CT molecular complexity index is 1060. The molecule has 1 aliphatic rings. The number of fused-ring (bicyclic) bond motifs is 1. The second-order valence-corrected chi connectivity index (χ2v) is 9.57. The van der Waals surface area contributed by atoms with E-state index in [1.165, 1.54) is 5.56 Å². The summed E-state index contributed by atoms with van der Waals surface area (Å²) in [7, 11) is 4.08. The van der Waals surface area contributed by atoms with Crippen molar-refractivity contribution in [3.63, 3.8) is 0 Å². The number of nitrogens with one attached hydrogen (secondary N) is 1. The minimum Gasteiger partial charge on any atom is -0.493 e. The smallest absolute Gasteiger partial charge is 0.225 e. The third-order valence-electron chi connectivity index (χ3n) is 6.08. The molecule has 2 N–H and O–H groups in total. The predicted molar refractivity (Wildman–Crippen MR) is 132 cm³/mol. The topological polar surface area (TPSA) is 69.5 Å². The largest absolute Gasteiger partial charge is 0.493 e. The number of aromatic hydroxyl groups is 1. The molecular formula is C24H33ClN6O. The Morgan fingerprint density at radius 1 is 1.22 bits per heavy atom. The molecule has 8 heteroatoms. The van der Waals surface area contributed by atoms with Crippen molar-refractivity contribution in [3.8, 4) is 5.88 Å². The first-order valence-corrected chi connectivity index (χ1v) is 11.7. The highest BCUT2D eigenvalue weighted by Crippen LogP contribution is 2.37. The average molecular weight is 457 g/mol. The average Bonchev–Trinajstić information content (AvgIpc) is 3.34. The second-order valence-electron chi connectivity index (χ2n) is 9.14. The van der Waals surface area contributed by atoms with Crippen molar-refractivity contribution in [2.45, 2.75) is 45.2 Å². The molecule has 1 unspecified atom stereocenters. The lowest BCUT2D eigenvalue weighted by Gasteiger charge is -2.27. The van der Waals surface area contributed by atoms with Crippen molar-refractivity contribution >= 4 is 34.3 Å². The molecule has 0 saturated carbocycles.